The van der Waals surface area contributed by atoms with E-state index in [0.29, 0.717) is 11.5 Å². The quantitative estimate of drug-likeness (QED) is 0.637. The number of nitrogens with one attached hydrogen (secondary N) is 3. The predicted octanol–water partition coefficient (Wildman–Crippen LogP) is -0.799. The molecule has 10 nitrogen and oxygen atoms in total. The molecule has 0 unspecified atom stereocenters. The zero-order chi connectivity index (χ0) is 16.2. The molecule has 0 atom stereocenters. The average Bonchev–Trinajstić information content (AvgIpc) is 2.94. The lowest BCUT2D eigenvalue weighted by atomic mass is 10.3. The number of anilines is 1. The van der Waals surface area contributed by atoms with Crippen molar-refractivity contribution in [2.75, 3.05) is 26.0 Å². The third kappa shape index (κ3) is 4.07. The van der Waals surface area contributed by atoms with Crippen LogP contribution in [-0.4, -0.2) is 59.4 Å². The Bertz CT molecular complexity index is 742. The molecule has 2 rings (SSSR count). The zero-order valence-electron chi connectivity index (χ0n) is 11.9. The van der Waals surface area contributed by atoms with E-state index in [1.165, 1.54) is 14.1 Å². The summed E-state index contributed by atoms with van der Waals surface area (Å²) < 4.78 is 26.0. The van der Waals surface area contributed by atoms with Gasteiger partial charge in [0, 0.05) is 20.3 Å². The minimum Gasteiger partial charge on any atom is -0.292 e. The Morgan fingerprint density at radius 3 is 2.77 bits per heavy atom. The molecular weight excluding hydrogens is 310 g/mol. The molecule has 0 saturated carbocycles. The van der Waals surface area contributed by atoms with Gasteiger partial charge in [-0.25, -0.2) is 0 Å². The predicted molar refractivity (Wildman–Crippen MR) is 78.9 cm³/mol. The van der Waals surface area contributed by atoms with Crippen molar-refractivity contribution in [2.45, 2.75) is 0 Å². The fourth-order valence-corrected chi connectivity index (χ4v) is 1.96. The number of amides is 1. The first-order chi connectivity index (χ1) is 10.4. The number of rotatable bonds is 6. The van der Waals surface area contributed by atoms with Gasteiger partial charge in [-0.3, -0.25) is 20.2 Å². The van der Waals surface area contributed by atoms with Crippen LogP contribution < -0.4 is 10.0 Å². The van der Waals surface area contributed by atoms with Crippen molar-refractivity contribution in [2.24, 2.45) is 0 Å². The first-order valence-electron chi connectivity index (χ1n) is 6.19. The van der Waals surface area contributed by atoms with E-state index in [9.17, 15) is 13.2 Å². The maximum atomic E-state index is 11.7. The number of hydrogen-bond acceptors (Lipinski definition) is 6. The molecule has 0 spiro atoms. The minimum atomic E-state index is -3.66. The summed E-state index contributed by atoms with van der Waals surface area (Å²) in [4.78, 5) is 19.8. The standard InChI is InChI=1S/C11H15N7O3S/c1-18(2)22(20,21)13-7-9(19)14-11-15-10(16-17-11)8-5-3-4-6-12-8/h3-6,13H,7H2,1-2H3,(H2,14,15,16,17,19). The van der Waals surface area contributed by atoms with Crippen LogP contribution in [0.2, 0.25) is 0 Å². The van der Waals surface area contributed by atoms with Gasteiger partial charge in [-0.05, 0) is 12.1 Å². The number of aromatic nitrogens is 4. The lowest BCUT2D eigenvalue weighted by molar-refractivity contribution is -0.115. The maximum absolute atomic E-state index is 11.7. The average molecular weight is 325 g/mol. The fourth-order valence-electron chi connectivity index (χ4n) is 1.39. The summed E-state index contributed by atoms with van der Waals surface area (Å²) in [7, 11) is -0.948. The van der Waals surface area contributed by atoms with Crippen LogP contribution >= 0.6 is 0 Å². The molecule has 11 heteroatoms. The molecular formula is C11H15N7O3S. The zero-order valence-corrected chi connectivity index (χ0v) is 12.8. The number of carbonyl (C=O) groups is 1. The topological polar surface area (TPSA) is 133 Å². The molecule has 22 heavy (non-hydrogen) atoms. The van der Waals surface area contributed by atoms with Gasteiger partial charge in [-0.1, -0.05) is 6.07 Å². The second kappa shape index (κ2) is 6.60. The molecule has 0 saturated heterocycles. The van der Waals surface area contributed by atoms with Crippen molar-refractivity contribution >= 4 is 22.1 Å². The normalized spacial score (nSPS) is 11.6. The van der Waals surface area contributed by atoms with Crippen LogP contribution in [0.25, 0.3) is 11.5 Å². The summed E-state index contributed by atoms with van der Waals surface area (Å²) in [5, 5.41) is 8.83. The number of hydrogen-bond donors (Lipinski definition) is 3. The highest BCUT2D eigenvalue weighted by atomic mass is 32.2. The van der Waals surface area contributed by atoms with Gasteiger partial charge in [0.25, 0.3) is 10.2 Å². The van der Waals surface area contributed by atoms with Gasteiger partial charge in [-0.15, -0.1) is 5.10 Å². The SMILES string of the molecule is CN(C)S(=O)(=O)NCC(=O)Nc1n[nH]c(-c2ccccn2)n1. The number of nitrogens with zero attached hydrogens (tertiary/aromatic N) is 4. The van der Waals surface area contributed by atoms with Crippen molar-refractivity contribution in [3.63, 3.8) is 0 Å². The van der Waals surface area contributed by atoms with E-state index >= 15 is 0 Å². The van der Waals surface area contributed by atoms with Crippen LogP contribution in [0.1, 0.15) is 0 Å². The van der Waals surface area contributed by atoms with E-state index in [2.05, 4.69) is 30.2 Å². The second-order valence-electron chi connectivity index (χ2n) is 4.38. The Hall–Kier alpha value is -2.37. The van der Waals surface area contributed by atoms with E-state index in [1.807, 2.05) is 0 Å². The van der Waals surface area contributed by atoms with Gasteiger partial charge >= 0.3 is 0 Å². The third-order valence-corrected chi connectivity index (χ3v) is 4.01. The summed E-state index contributed by atoms with van der Waals surface area (Å²) in [6.07, 6.45) is 1.60. The van der Waals surface area contributed by atoms with Crippen molar-refractivity contribution in [3.8, 4) is 11.5 Å². The molecule has 2 aromatic rings. The van der Waals surface area contributed by atoms with E-state index in [-0.39, 0.29) is 5.95 Å². The largest absolute Gasteiger partial charge is 0.292 e. The molecule has 2 heterocycles. The third-order valence-electron chi connectivity index (χ3n) is 2.54. The number of carbonyl (C=O) groups excluding carboxylic acids is 1. The smallest absolute Gasteiger partial charge is 0.279 e. The van der Waals surface area contributed by atoms with Gasteiger partial charge in [0.2, 0.25) is 11.9 Å². The lowest BCUT2D eigenvalue weighted by Gasteiger charge is -2.11. The Morgan fingerprint density at radius 2 is 2.14 bits per heavy atom. The molecule has 3 N–H and O–H groups in total. The van der Waals surface area contributed by atoms with Gasteiger partial charge in [-0.2, -0.15) is 22.4 Å². The van der Waals surface area contributed by atoms with Crippen molar-refractivity contribution < 1.29 is 13.2 Å². The number of H-pyrrole nitrogens is 1. The fraction of sp³-hybridized carbons (Fsp3) is 0.273. The Kier molecular flexibility index (Phi) is 4.80. The molecule has 1 amide bonds. The van der Waals surface area contributed by atoms with Crippen molar-refractivity contribution in [1.29, 1.82) is 0 Å². The molecule has 0 aliphatic heterocycles. The molecule has 0 aromatic carbocycles. The van der Waals surface area contributed by atoms with Gasteiger partial charge in [0.1, 0.15) is 5.69 Å². The summed E-state index contributed by atoms with van der Waals surface area (Å²) in [6.45, 7) is -0.423. The van der Waals surface area contributed by atoms with Crippen LogP contribution in [0.5, 0.6) is 0 Å². The summed E-state index contributed by atoms with van der Waals surface area (Å²) >= 11 is 0. The lowest BCUT2D eigenvalue weighted by Crippen LogP contribution is -2.40. The molecule has 0 aliphatic carbocycles. The monoisotopic (exact) mass is 325 g/mol. The Labute approximate surface area is 127 Å². The van der Waals surface area contributed by atoms with Crippen LogP contribution in [0.15, 0.2) is 24.4 Å². The van der Waals surface area contributed by atoms with Crippen LogP contribution in [0, 0.1) is 0 Å². The highest BCUT2D eigenvalue weighted by Gasteiger charge is 2.15. The first-order valence-corrected chi connectivity index (χ1v) is 7.63. The maximum Gasteiger partial charge on any atom is 0.279 e. The van der Waals surface area contributed by atoms with E-state index in [1.54, 1.807) is 24.4 Å². The van der Waals surface area contributed by atoms with E-state index in [0.717, 1.165) is 4.31 Å². The molecule has 0 aliphatic rings. The molecule has 0 bridgehead atoms. The minimum absolute atomic E-state index is 0.0368. The first kappa shape index (κ1) is 16.0. The van der Waals surface area contributed by atoms with E-state index in [4.69, 9.17) is 0 Å². The van der Waals surface area contributed by atoms with Gasteiger partial charge in [0.15, 0.2) is 5.82 Å². The Morgan fingerprint density at radius 1 is 1.36 bits per heavy atom. The highest BCUT2D eigenvalue weighted by Crippen LogP contribution is 2.11. The van der Waals surface area contributed by atoms with Crippen LogP contribution in [-0.2, 0) is 15.0 Å². The van der Waals surface area contributed by atoms with Gasteiger partial charge in [0.05, 0.1) is 6.54 Å². The van der Waals surface area contributed by atoms with Crippen molar-refractivity contribution in [1.82, 2.24) is 29.2 Å². The molecule has 0 radical (unpaired) electrons. The Balaban J connectivity index is 1.95. The molecule has 0 fully saturated rings. The second-order valence-corrected chi connectivity index (χ2v) is 6.35. The summed E-state index contributed by atoms with van der Waals surface area (Å²) in [5.74, 6) is -0.156. The summed E-state index contributed by atoms with van der Waals surface area (Å²) in [5.41, 5.74) is 0.573. The van der Waals surface area contributed by atoms with Crippen LogP contribution in [0.3, 0.4) is 0 Å². The van der Waals surface area contributed by atoms with E-state index < -0.39 is 22.7 Å². The van der Waals surface area contributed by atoms with Crippen LogP contribution in [0.4, 0.5) is 5.95 Å². The molecule has 2 aromatic heterocycles. The highest BCUT2D eigenvalue weighted by molar-refractivity contribution is 7.87. The molecule has 118 valence electrons. The number of pyridine rings is 1. The van der Waals surface area contributed by atoms with Crippen molar-refractivity contribution in [3.05, 3.63) is 24.4 Å². The number of aromatic amines is 1. The summed E-state index contributed by atoms with van der Waals surface area (Å²) in [6, 6.07) is 5.29. The van der Waals surface area contributed by atoms with Gasteiger partial charge < -0.3 is 0 Å².